The maximum Gasteiger partial charge on any atom is 0.224 e. The van der Waals surface area contributed by atoms with Crippen LogP contribution in [0.2, 0.25) is 0 Å². The Morgan fingerprint density at radius 1 is 1.19 bits per heavy atom. The zero-order chi connectivity index (χ0) is 11.3. The van der Waals surface area contributed by atoms with Crippen LogP contribution in [0.25, 0.3) is 0 Å². The van der Waals surface area contributed by atoms with Gasteiger partial charge >= 0.3 is 0 Å². The van der Waals surface area contributed by atoms with Crippen LogP contribution in [0, 0.1) is 11.6 Å². The van der Waals surface area contributed by atoms with Crippen LogP contribution in [0.15, 0.2) is 12.1 Å². The minimum absolute atomic E-state index is 0.155. The van der Waals surface area contributed by atoms with E-state index in [0.29, 0.717) is 18.4 Å². The van der Waals surface area contributed by atoms with Crippen LogP contribution in [-0.2, 0) is 10.2 Å². The van der Waals surface area contributed by atoms with Crippen molar-refractivity contribution < 1.29 is 13.6 Å². The van der Waals surface area contributed by atoms with Crippen LogP contribution < -0.4 is 5.32 Å². The molecule has 1 aromatic carbocycles. The lowest BCUT2D eigenvalue weighted by Gasteiger charge is -2.15. The Morgan fingerprint density at radius 3 is 2.62 bits per heavy atom. The van der Waals surface area contributed by atoms with Gasteiger partial charge in [-0.1, -0.05) is 0 Å². The first-order valence-electron chi connectivity index (χ1n) is 5.40. The molecule has 0 unspecified atom stereocenters. The number of carbonyl (C=O) groups is 1. The summed E-state index contributed by atoms with van der Waals surface area (Å²) in [6.07, 6.45) is 2.90. The van der Waals surface area contributed by atoms with Crippen molar-refractivity contribution in [1.29, 1.82) is 0 Å². The van der Waals surface area contributed by atoms with Gasteiger partial charge in [-0.2, -0.15) is 0 Å². The summed E-state index contributed by atoms with van der Waals surface area (Å²) in [5, 5.41) is 2.53. The fourth-order valence-electron chi connectivity index (χ4n) is 2.48. The molecule has 2 aliphatic rings. The Hall–Kier alpha value is -1.45. The van der Waals surface area contributed by atoms with E-state index in [9.17, 15) is 13.6 Å². The number of anilines is 1. The maximum absolute atomic E-state index is 13.6. The average Bonchev–Trinajstić information content (AvgIpc) is 3.00. The summed E-state index contributed by atoms with van der Waals surface area (Å²) in [6, 6.07) is 2.18. The second kappa shape index (κ2) is 3.03. The highest BCUT2D eigenvalue weighted by Crippen LogP contribution is 2.55. The van der Waals surface area contributed by atoms with E-state index in [1.807, 2.05) is 0 Å². The molecular formula is C12H11F2NO. The molecule has 1 amide bonds. The Labute approximate surface area is 91.7 Å². The molecule has 2 nitrogen and oxygen atoms in total. The van der Waals surface area contributed by atoms with Gasteiger partial charge in [0.2, 0.25) is 5.91 Å². The normalized spacial score (nSPS) is 21.2. The highest BCUT2D eigenvalue weighted by Gasteiger charge is 2.47. The number of carbonyl (C=O) groups excluding carboxylic acids is 1. The first-order valence-corrected chi connectivity index (χ1v) is 5.40. The lowest BCUT2D eigenvalue weighted by atomic mass is 9.90. The number of rotatable bonds is 0. The van der Waals surface area contributed by atoms with Crippen molar-refractivity contribution in [3.05, 3.63) is 29.3 Å². The zero-order valence-electron chi connectivity index (χ0n) is 8.65. The van der Waals surface area contributed by atoms with Crippen molar-refractivity contribution in [2.24, 2.45) is 0 Å². The third-order valence-corrected chi connectivity index (χ3v) is 3.57. The lowest BCUT2D eigenvalue weighted by molar-refractivity contribution is -0.116. The summed E-state index contributed by atoms with van der Waals surface area (Å²) in [7, 11) is 0. The summed E-state index contributed by atoms with van der Waals surface area (Å²) >= 11 is 0. The SMILES string of the molecule is O=C1CCC2(CC2)c2cc(F)cc(F)c2N1. The topological polar surface area (TPSA) is 29.1 Å². The predicted molar refractivity (Wildman–Crippen MR) is 55.1 cm³/mol. The third kappa shape index (κ3) is 1.32. The fourth-order valence-corrected chi connectivity index (χ4v) is 2.48. The number of amides is 1. The van der Waals surface area contributed by atoms with E-state index >= 15 is 0 Å². The smallest absolute Gasteiger partial charge is 0.224 e. The lowest BCUT2D eigenvalue weighted by Crippen LogP contribution is -2.11. The van der Waals surface area contributed by atoms with Gasteiger partial charge in [0.1, 0.15) is 11.6 Å². The van der Waals surface area contributed by atoms with Crippen LogP contribution in [-0.4, -0.2) is 5.91 Å². The van der Waals surface area contributed by atoms with Gasteiger partial charge in [-0.25, -0.2) is 8.78 Å². The van der Waals surface area contributed by atoms with Crippen molar-refractivity contribution in [2.45, 2.75) is 31.1 Å². The monoisotopic (exact) mass is 223 g/mol. The van der Waals surface area contributed by atoms with E-state index < -0.39 is 11.6 Å². The van der Waals surface area contributed by atoms with E-state index in [1.54, 1.807) is 0 Å². The Balaban J connectivity index is 2.20. The Kier molecular flexibility index (Phi) is 1.85. The summed E-state index contributed by atoms with van der Waals surface area (Å²) in [6.45, 7) is 0. The molecule has 0 bridgehead atoms. The first-order chi connectivity index (χ1) is 7.61. The molecule has 16 heavy (non-hydrogen) atoms. The minimum Gasteiger partial charge on any atom is -0.323 e. The molecule has 0 saturated heterocycles. The van der Waals surface area contributed by atoms with Crippen molar-refractivity contribution in [2.75, 3.05) is 5.32 Å². The van der Waals surface area contributed by atoms with Gasteiger partial charge in [0.25, 0.3) is 0 Å². The number of hydrogen-bond donors (Lipinski definition) is 1. The van der Waals surface area contributed by atoms with Gasteiger partial charge in [-0.15, -0.1) is 0 Å². The molecular weight excluding hydrogens is 212 g/mol. The Morgan fingerprint density at radius 2 is 1.94 bits per heavy atom. The molecule has 0 atom stereocenters. The molecule has 1 aliphatic carbocycles. The quantitative estimate of drug-likeness (QED) is 0.719. The van der Waals surface area contributed by atoms with E-state index in [1.165, 1.54) is 6.07 Å². The number of fused-ring (bicyclic) bond motifs is 2. The second-order valence-electron chi connectivity index (χ2n) is 4.64. The molecule has 1 spiro atoms. The van der Waals surface area contributed by atoms with Crippen molar-refractivity contribution >= 4 is 11.6 Å². The molecule has 1 heterocycles. The highest BCUT2D eigenvalue weighted by molar-refractivity contribution is 5.93. The Bertz CT molecular complexity index is 480. The fraction of sp³-hybridized carbons (Fsp3) is 0.417. The largest absolute Gasteiger partial charge is 0.323 e. The van der Waals surface area contributed by atoms with Gasteiger partial charge in [0.05, 0.1) is 5.69 Å². The first kappa shape index (κ1) is 9.75. The zero-order valence-corrected chi connectivity index (χ0v) is 8.65. The van der Waals surface area contributed by atoms with E-state index in [-0.39, 0.29) is 17.0 Å². The van der Waals surface area contributed by atoms with E-state index in [0.717, 1.165) is 18.9 Å². The van der Waals surface area contributed by atoms with Gasteiger partial charge < -0.3 is 5.32 Å². The number of benzene rings is 1. The number of hydrogen-bond acceptors (Lipinski definition) is 1. The molecule has 1 saturated carbocycles. The molecule has 1 fully saturated rings. The van der Waals surface area contributed by atoms with Crippen LogP contribution in [0.5, 0.6) is 0 Å². The average molecular weight is 223 g/mol. The molecule has 3 rings (SSSR count). The number of halogens is 2. The molecule has 1 aliphatic heterocycles. The van der Waals surface area contributed by atoms with Crippen LogP contribution >= 0.6 is 0 Å². The van der Waals surface area contributed by atoms with E-state index in [4.69, 9.17) is 0 Å². The highest BCUT2D eigenvalue weighted by atomic mass is 19.1. The molecule has 4 heteroatoms. The summed E-state index contributed by atoms with van der Waals surface area (Å²) in [5.41, 5.74) is 0.662. The minimum atomic E-state index is -0.670. The molecule has 1 aromatic rings. The summed E-state index contributed by atoms with van der Waals surface area (Å²) in [5.74, 6) is -1.43. The van der Waals surface area contributed by atoms with Gasteiger partial charge in [-0.3, -0.25) is 4.79 Å². The van der Waals surface area contributed by atoms with Crippen molar-refractivity contribution in [1.82, 2.24) is 0 Å². The summed E-state index contributed by atoms with van der Waals surface area (Å²) in [4.78, 5) is 11.4. The summed E-state index contributed by atoms with van der Waals surface area (Å²) < 4.78 is 26.8. The molecule has 84 valence electrons. The van der Waals surface area contributed by atoms with Crippen molar-refractivity contribution in [3.63, 3.8) is 0 Å². The predicted octanol–water partition coefficient (Wildman–Crippen LogP) is 2.73. The van der Waals surface area contributed by atoms with Crippen LogP contribution in [0.4, 0.5) is 14.5 Å². The van der Waals surface area contributed by atoms with Gasteiger partial charge in [0.15, 0.2) is 0 Å². The standard InChI is InChI=1S/C12H11F2NO/c13-7-5-8-11(9(14)6-7)15-10(16)1-2-12(8)3-4-12/h5-6H,1-4H2,(H,15,16). The molecule has 1 N–H and O–H groups in total. The molecule has 0 radical (unpaired) electrons. The van der Waals surface area contributed by atoms with E-state index in [2.05, 4.69) is 5.32 Å². The third-order valence-electron chi connectivity index (χ3n) is 3.57. The van der Waals surface area contributed by atoms with Crippen molar-refractivity contribution in [3.8, 4) is 0 Å². The second-order valence-corrected chi connectivity index (χ2v) is 4.64. The van der Waals surface area contributed by atoms with Crippen LogP contribution in [0.3, 0.4) is 0 Å². The van der Waals surface area contributed by atoms with Crippen LogP contribution in [0.1, 0.15) is 31.2 Å². The number of nitrogens with one attached hydrogen (secondary N) is 1. The molecule has 0 aromatic heterocycles. The maximum atomic E-state index is 13.6. The van der Waals surface area contributed by atoms with Gasteiger partial charge in [-0.05, 0) is 36.3 Å². The van der Waals surface area contributed by atoms with Gasteiger partial charge in [0, 0.05) is 12.5 Å².